The summed E-state index contributed by atoms with van der Waals surface area (Å²) in [4.78, 5) is 148. The molecule has 26 heteroatoms. The first-order chi connectivity index (χ1) is 30.9. The van der Waals surface area contributed by atoms with Gasteiger partial charge in [0.15, 0.2) is 0 Å². The maximum absolute atomic E-state index is 14.0. The molecule has 0 bridgehead atoms. The van der Waals surface area contributed by atoms with E-state index in [0.717, 1.165) is 4.90 Å². The summed E-state index contributed by atoms with van der Waals surface area (Å²) in [5.41, 5.74) is 11.2. The number of hydrogen-bond donors (Lipinski definition) is 11. The summed E-state index contributed by atoms with van der Waals surface area (Å²) in [5.74, 6) is -9.27. The second kappa shape index (κ2) is 23.9. The number of carboxylic acid groups (broad SMARTS) is 1. The summed E-state index contributed by atoms with van der Waals surface area (Å²) in [6.07, 6.45) is 2.13. The van der Waals surface area contributed by atoms with E-state index in [9.17, 15) is 68.1 Å². The molecule has 4 aliphatic heterocycles. The first kappa shape index (κ1) is 51.8. The zero-order valence-corrected chi connectivity index (χ0v) is 36.1. The van der Waals surface area contributed by atoms with Gasteiger partial charge in [0.25, 0.3) is 11.8 Å². The SMILES string of the molecule is CC(NC(=O)CN)C(=O)N1CCC[C@H]1C(=O)N1CCC[C@H]1C(=O)N1CCC[C@H]1C(=O)NC(CO)C(=O)NC(=O)C(CO)NC(=O)C(CO)NC(=O)[C@@H]1CCCN1C(=O)C(N)CCC(=O)O. The fourth-order valence-electron chi connectivity index (χ4n) is 8.48. The first-order valence-corrected chi connectivity index (χ1v) is 21.7. The van der Waals surface area contributed by atoms with Gasteiger partial charge in [-0.2, -0.15) is 0 Å². The van der Waals surface area contributed by atoms with Crippen LogP contribution in [0, 0.1) is 0 Å². The van der Waals surface area contributed by atoms with Crippen LogP contribution in [0.5, 0.6) is 0 Å². The molecule has 0 spiro atoms. The number of likely N-dealkylation sites (tertiary alicyclic amines) is 4. The molecule has 362 valence electrons. The lowest BCUT2D eigenvalue weighted by Gasteiger charge is -2.34. The lowest BCUT2D eigenvalue weighted by atomic mass is 10.1. The van der Waals surface area contributed by atoms with Crippen LogP contribution in [0.25, 0.3) is 0 Å². The minimum atomic E-state index is -1.85. The number of amides is 10. The Bertz CT molecular complexity index is 1840. The van der Waals surface area contributed by atoms with E-state index < -0.39 is 139 Å². The quantitative estimate of drug-likeness (QED) is 0.0540. The molecule has 4 saturated heterocycles. The summed E-state index contributed by atoms with van der Waals surface area (Å²) in [6.45, 7) is -1.21. The molecular formula is C39H61N11O15. The molecule has 4 rings (SSSR count). The molecule has 9 atom stereocenters. The van der Waals surface area contributed by atoms with Crippen LogP contribution in [-0.2, 0) is 52.7 Å². The predicted octanol–water partition coefficient (Wildman–Crippen LogP) is -7.32. The van der Waals surface area contributed by atoms with E-state index >= 15 is 0 Å². The summed E-state index contributed by atoms with van der Waals surface area (Å²) < 4.78 is 0. The first-order valence-electron chi connectivity index (χ1n) is 21.7. The van der Waals surface area contributed by atoms with Crippen molar-refractivity contribution in [3.05, 3.63) is 0 Å². The lowest BCUT2D eigenvalue weighted by Crippen LogP contribution is -2.61. The molecule has 10 amide bonds. The minimum Gasteiger partial charge on any atom is -0.481 e. The highest BCUT2D eigenvalue weighted by Gasteiger charge is 2.47. The van der Waals surface area contributed by atoms with Gasteiger partial charge >= 0.3 is 5.97 Å². The van der Waals surface area contributed by atoms with Gasteiger partial charge in [-0.15, -0.1) is 0 Å². The highest BCUT2D eigenvalue weighted by molar-refractivity contribution is 6.04. The van der Waals surface area contributed by atoms with Crippen molar-refractivity contribution in [1.82, 2.24) is 46.2 Å². The van der Waals surface area contributed by atoms with Gasteiger partial charge in [0.1, 0.15) is 48.3 Å². The maximum atomic E-state index is 14.0. The van der Waals surface area contributed by atoms with Crippen molar-refractivity contribution < 1.29 is 73.2 Å². The van der Waals surface area contributed by atoms with E-state index in [1.54, 1.807) is 0 Å². The Hall–Kier alpha value is -5.83. The molecule has 13 N–H and O–H groups in total. The van der Waals surface area contributed by atoms with Crippen LogP contribution >= 0.6 is 0 Å². The molecular weight excluding hydrogens is 862 g/mol. The second-order valence-electron chi connectivity index (χ2n) is 16.4. The molecule has 0 aromatic rings. The number of aliphatic hydroxyl groups excluding tert-OH is 3. The average molecular weight is 924 g/mol. The Morgan fingerprint density at radius 3 is 1.45 bits per heavy atom. The third-order valence-corrected chi connectivity index (χ3v) is 11.9. The third-order valence-electron chi connectivity index (χ3n) is 11.9. The zero-order valence-electron chi connectivity index (χ0n) is 36.1. The minimum absolute atomic E-state index is 0.119. The summed E-state index contributed by atoms with van der Waals surface area (Å²) in [5, 5.41) is 49.8. The Balaban J connectivity index is 1.32. The number of carboxylic acids is 1. The van der Waals surface area contributed by atoms with Crippen LogP contribution in [-0.4, -0.2) is 212 Å². The molecule has 0 aromatic heterocycles. The van der Waals surface area contributed by atoms with Crippen molar-refractivity contribution in [2.45, 2.75) is 126 Å². The van der Waals surface area contributed by atoms with Gasteiger partial charge in [0, 0.05) is 32.6 Å². The number of rotatable bonds is 20. The number of aliphatic hydroxyl groups is 3. The number of carbonyl (C=O) groups is 11. The topological polar surface area (TPSA) is 394 Å². The van der Waals surface area contributed by atoms with Crippen LogP contribution in [0.4, 0.5) is 0 Å². The van der Waals surface area contributed by atoms with Crippen molar-refractivity contribution in [1.29, 1.82) is 0 Å². The molecule has 4 heterocycles. The molecule has 26 nitrogen and oxygen atoms in total. The van der Waals surface area contributed by atoms with Crippen molar-refractivity contribution >= 4 is 65.0 Å². The zero-order chi connectivity index (χ0) is 48.1. The van der Waals surface area contributed by atoms with Gasteiger partial charge in [0.05, 0.1) is 32.4 Å². The Morgan fingerprint density at radius 1 is 0.569 bits per heavy atom. The van der Waals surface area contributed by atoms with E-state index in [2.05, 4.69) is 21.3 Å². The fourth-order valence-corrected chi connectivity index (χ4v) is 8.48. The van der Waals surface area contributed by atoms with Crippen LogP contribution in [0.1, 0.15) is 71.1 Å². The predicted molar refractivity (Wildman–Crippen MR) is 221 cm³/mol. The molecule has 4 fully saturated rings. The number of hydrogen-bond acceptors (Lipinski definition) is 16. The van der Waals surface area contributed by atoms with Crippen molar-refractivity contribution in [2.75, 3.05) is 52.5 Å². The third kappa shape index (κ3) is 12.9. The smallest absolute Gasteiger partial charge is 0.303 e. The van der Waals surface area contributed by atoms with Crippen LogP contribution in [0.3, 0.4) is 0 Å². The van der Waals surface area contributed by atoms with Crippen LogP contribution in [0.2, 0.25) is 0 Å². The van der Waals surface area contributed by atoms with Gasteiger partial charge in [-0.25, -0.2) is 0 Å². The number of nitrogens with two attached hydrogens (primary N) is 2. The molecule has 0 saturated carbocycles. The number of nitrogens with zero attached hydrogens (tertiary/aromatic N) is 4. The van der Waals surface area contributed by atoms with Gasteiger partial charge in [-0.3, -0.25) is 58.1 Å². The van der Waals surface area contributed by atoms with Gasteiger partial charge in [0.2, 0.25) is 47.3 Å². The Morgan fingerprint density at radius 2 is 0.969 bits per heavy atom. The average Bonchev–Trinajstić information content (AvgIpc) is 4.14. The molecule has 0 radical (unpaired) electrons. The Kier molecular flexibility index (Phi) is 19.1. The standard InChI is InChI=1S/C39H61N11O15/c1-20(42-29(54)16-40)36(62)49-14-4-8-27(49)39(65)50-15-5-9-28(50)38(64)48-13-3-7-26(48)35(61)45-24(19-53)33(59)46-32(58)23(18-52)43-31(57)22(17-51)44-34(60)25-6-2-12-47(25)37(63)21(41)10-11-30(55)56/h20-28,51-53H,2-19,40-41H2,1H3,(H,42,54)(H,43,57)(H,44,60)(H,45,61)(H,55,56)(H,46,58,59)/t20?,21?,22?,23?,24?,25-,26-,27-,28-/m0/s1. The van der Waals surface area contributed by atoms with Crippen molar-refractivity contribution in [3.8, 4) is 0 Å². The number of imide groups is 1. The van der Waals surface area contributed by atoms with E-state index in [0.29, 0.717) is 32.1 Å². The second-order valence-corrected chi connectivity index (χ2v) is 16.4. The van der Waals surface area contributed by atoms with E-state index in [-0.39, 0.29) is 64.8 Å². The maximum Gasteiger partial charge on any atom is 0.303 e. The largest absolute Gasteiger partial charge is 0.481 e. The van der Waals surface area contributed by atoms with Gasteiger partial charge in [-0.05, 0) is 64.7 Å². The van der Waals surface area contributed by atoms with E-state index in [1.165, 1.54) is 21.6 Å². The molecule has 4 aliphatic rings. The van der Waals surface area contributed by atoms with Crippen molar-refractivity contribution in [2.24, 2.45) is 11.5 Å². The summed E-state index contributed by atoms with van der Waals surface area (Å²) in [7, 11) is 0. The van der Waals surface area contributed by atoms with Crippen molar-refractivity contribution in [3.63, 3.8) is 0 Å². The van der Waals surface area contributed by atoms with Gasteiger partial charge in [-0.1, -0.05) is 0 Å². The number of aliphatic carboxylic acids is 1. The highest BCUT2D eigenvalue weighted by Crippen LogP contribution is 2.29. The lowest BCUT2D eigenvalue weighted by molar-refractivity contribution is -0.151. The summed E-state index contributed by atoms with van der Waals surface area (Å²) in [6, 6.07) is -11.5. The van der Waals surface area contributed by atoms with E-state index in [4.69, 9.17) is 16.6 Å². The van der Waals surface area contributed by atoms with Gasteiger partial charge < -0.3 is 72.8 Å². The normalized spacial score (nSPS) is 22.9. The molecule has 0 aliphatic carbocycles. The van der Waals surface area contributed by atoms with Crippen LogP contribution < -0.4 is 38.1 Å². The fraction of sp³-hybridized carbons (Fsp3) is 0.718. The van der Waals surface area contributed by atoms with E-state index in [1.807, 2.05) is 5.32 Å². The summed E-state index contributed by atoms with van der Waals surface area (Å²) >= 11 is 0. The number of nitrogens with one attached hydrogen (secondary N) is 5. The monoisotopic (exact) mass is 923 g/mol. The Labute approximate surface area is 373 Å². The number of carbonyl (C=O) groups excluding carboxylic acids is 10. The molecule has 0 aromatic carbocycles. The highest BCUT2D eigenvalue weighted by atomic mass is 16.4. The molecule has 65 heavy (non-hydrogen) atoms. The van der Waals surface area contributed by atoms with Crippen LogP contribution in [0.15, 0.2) is 0 Å². The molecule has 5 unspecified atom stereocenters.